The molecule has 2 rings (SSSR count). The summed E-state index contributed by atoms with van der Waals surface area (Å²) in [7, 11) is 0. The highest BCUT2D eigenvalue weighted by Crippen LogP contribution is 2.10. The minimum absolute atomic E-state index is 0.356. The molecule has 1 aromatic rings. The Morgan fingerprint density at radius 2 is 2.13 bits per heavy atom. The molecule has 1 aliphatic rings. The van der Waals surface area contributed by atoms with Crippen LogP contribution in [0, 0.1) is 0 Å². The molecule has 1 aromatic carbocycles. The van der Waals surface area contributed by atoms with E-state index in [4.69, 9.17) is 4.74 Å². The molecule has 4 heteroatoms. The van der Waals surface area contributed by atoms with Crippen LogP contribution in [0.5, 0.6) is 0 Å². The van der Waals surface area contributed by atoms with Gasteiger partial charge >= 0.3 is 0 Å². The third-order valence-electron chi connectivity index (χ3n) is 2.38. The van der Waals surface area contributed by atoms with Gasteiger partial charge in [0, 0.05) is 13.1 Å². The smallest absolute Gasteiger partial charge is 0.279 e. The summed E-state index contributed by atoms with van der Waals surface area (Å²) in [4.78, 5) is 13.1. The van der Waals surface area contributed by atoms with Gasteiger partial charge in [-0.15, -0.1) is 0 Å². The number of hydrogen-bond donors (Lipinski definition) is 1. The monoisotopic (exact) mass is 207 g/mol. The van der Waals surface area contributed by atoms with Crippen LogP contribution in [0.15, 0.2) is 30.3 Å². The summed E-state index contributed by atoms with van der Waals surface area (Å²) in [6.07, 6.45) is -1.29. The highest BCUT2D eigenvalue weighted by Gasteiger charge is 2.27. The molecule has 1 N–H and O–H groups in total. The number of ether oxygens (including phenoxy) is 1. The Bertz CT molecular complexity index is 339. The first-order chi connectivity index (χ1) is 7.27. The zero-order valence-electron chi connectivity index (χ0n) is 8.30. The SMILES string of the molecule is O=C1[C@@H](O)OCCN1Cc1ccccc1. The molecule has 1 fully saturated rings. The zero-order valence-corrected chi connectivity index (χ0v) is 8.30. The largest absolute Gasteiger partial charge is 0.361 e. The minimum atomic E-state index is -1.29. The van der Waals surface area contributed by atoms with Gasteiger partial charge in [-0.05, 0) is 5.56 Å². The van der Waals surface area contributed by atoms with Crippen LogP contribution in [-0.2, 0) is 16.1 Å². The number of rotatable bonds is 2. The highest BCUT2D eigenvalue weighted by atomic mass is 16.6. The number of carbonyl (C=O) groups is 1. The molecule has 80 valence electrons. The van der Waals surface area contributed by atoms with Crippen LogP contribution in [0.1, 0.15) is 5.56 Å². The van der Waals surface area contributed by atoms with Crippen LogP contribution >= 0.6 is 0 Å². The normalized spacial score (nSPS) is 21.8. The average molecular weight is 207 g/mol. The number of nitrogens with zero attached hydrogens (tertiary/aromatic N) is 1. The van der Waals surface area contributed by atoms with E-state index >= 15 is 0 Å². The van der Waals surface area contributed by atoms with Gasteiger partial charge in [0.2, 0.25) is 6.29 Å². The Morgan fingerprint density at radius 1 is 1.40 bits per heavy atom. The van der Waals surface area contributed by atoms with Gasteiger partial charge in [-0.25, -0.2) is 0 Å². The summed E-state index contributed by atoms with van der Waals surface area (Å²) >= 11 is 0. The fourth-order valence-corrected chi connectivity index (χ4v) is 1.57. The van der Waals surface area contributed by atoms with Gasteiger partial charge in [0.15, 0.2) is 0 Å². The molecule has 1 atom stereocenters. The first-order valence-corrected chi connectivity index (χ1v) is 4.90. The first-order valence-electron chi connectivity index (χ1n) is 4.90. The van der Waals surface area contributed by atoms with Gasteiger partial charge in [0.1, 0.15) is 0 Å². The van der Waals surface area contributed by atoms with Crippen molar-refractivity contribution in [3.63, 3.8) is 0 Å². The molecule has 0 bridgehead atoms. The van der Waals surface area contributed by atoms with Crippen molar-refractivity contribution in [1.29, 1.82) is 0 Å². The maximum Gasteiger partial charge on any atom is 0.279 e. The fourth-order valence-electron chi connectivity index (χ4n) is 1.57. The van der Waals surface area contributed by atoms with Crippen LogP contribution in [0.4, 0.5) is 0 Å². The first kappa shape index (κ1) is 10.1. The summed E-state index contributed by atoms with van der Waals surface area (Å²) in [5.41, 5.74) is 1.06. The Morgan fingerprint density at radius 3 is 2.87 bits per heavy atom. The van der Waals surface area contributed by atoms with Crippen molar-refractivity contribution in [2.75, 3.05) is 13.2 Å². The molecule has 0 aliphatic carbocycles. The number of amides is 1. The lowest BCUT2D eigenvalue weighted by Gasteiger charge is -2.29. The van der Waals surface area contributed by atoms with Crippen molar-refractivity contribution in [2.45, 2.75) is 12.8 Å². The summed E-state index contributed by atoms with van der Waals surface area (Å²) in [5, 5.41) is 9.21. The van der Waals surface area contributed by atoms with E-state index in [9.17, 15) is 9.90 Å². The molecule has 0 aromatic heterocycles. The topological polar surface area (TPSA) is 49.8 Å². The van der Waals surface area contributed by atoms with E-state index in [2.05, 4.69) is 0 Å². The predicted molar refractivity (Wildman–Crippen MR) is 53.8 cm³/mol. The molecule has 0 radical (unpaired) electrons. The minimum Gasteiger partial charge on any atom is -0.361 e. The summed E-state index contributed by atoms with van der Waals surface area (Å²) < 4.78 is 4.82. The Hall–Kier alpha value is -1.39. The second kappa shape index (κ2) is 4.42. The molecule has 0 spiro atoms. The van der Waals surface area contributed by atoms with Crippen molar-refractivity contribution in [2.24, 2.45) is 0 Å². The number of aliphatic hydroxyl groups excluding tert-OH is 1. The van der Waals surface area contributed by atoms with Crippen LogP contribution in [0.2, 0.25) is 0 Å². The third kappa shape index (κ3) is 2.34. The van der Waals surface area contributed by atoms with Crippen LogP contribution in [0.25, 0.3) is 0 Å². The van der Waals surface area contributed by atoms with Gasteiger partial charge in [-0.1, -0.05) is 30.3 Å². The maximum absolute atomic E-state index is 11.5. The molecular weight excluding hydrogens is 194 g/mol. The Balaban J connectivity index is 2.03. The molecule has 15 heavy (non-hydrogen) atoms. The number of benzene rings is 1. The summed E-state index contributed by atoms with van der Waals surface area (Å²) in [6, 6.07) is 9.69. The highest BCUT2D eigenvalue weighted by molar-refractivity contribution is 5.79. The number of hydrogen-bond acceptors (Lipinski definition) is 3. The molecule has 0 unspecified atom stereocenters. The van der Waals surface area contributed by atoms with Crippen LogP contribution in [-0.4, -0.2) is 35.4 Å². The maximum atomic E-state index is 11.5. The molecule has 1 saturated heterocycles. The van der Waals surface area contributed by atoms with E-state index in [1.54, 1.807) is 4.90 Å². The standard InChI is InChI=1S/C11H13NO3/c13-10-11(14)15-7-6-12(10)8-9-4-2-1-3-5-9/h1-5,11,14H,6-8H2/t11-/m0/s1. The van der Waals surface area contributed by atoms with Crippen molar-refractivity contribution in [3.05, 3.63) is 35.9 Å². The molecule has 4 nitrogen and oxygen atoms in total. The van der Waals surface area contributed by atoms with Crippen LogP contribution < -0.4 is 0 Å². The lowest BCUT2D eigenvalue weighted by molar-refractivity contribution is -0.184. The predicted octanol–water partition coefficient (Wildman–Crippen LogP) is 0.364. The van der Waals surface area contributed by atoms with Gasteiger partial charge in [0.05, 0.1) is 6.61 Å². The molecule has 1 amide bonds. The van der Waals surface area contributed by atoms with Gasteiger partial charge in [-0.3, -0.25) is 4.79 Å². The van der Waals surface area contributed by atoms with Crippen molar-refractivity contribution < 1.29 is 14.6 Å². The lowest BCUT2D eigenvalue weighted by atomic mass is 10.2. The van der Waals surface area contributed by atoms with E-state index in [0.29, 0.717) is 19.7 Å². The second-order valence-corrected chi connectivity index (χ2v) is 3.47. The van der Waals surface area contributed by atoms with E-state index in [0.717, 1.165) is 5.56 Å². The van der Waals surface area contributed by atoms with Gasteiger partial charge in [-0.2, -0.15) is 0 Å². The van der Waals surface area contributed by atoms with Crippen molar-refractivity contribution in [1.82, 2.24) is 4.90 Å². The van der Waals surface area contributed by atoms with E-state index in [-0.39, 0.29) is 5.91 Å². The Kier molecular flexibility index (Phi) is 2.99. The molecule has 1 heterocycles. The number of carbonyl (C=O) groups excluding carboxylic acids is 1. The quantitative estimate of drug-likeness (QED) is 0.762. The van der Waals surface area contributed by atoms with Gasteiger partial charge < -0.3 is 14.7 Å². The molecular formula is C11H13NO3. The van der Waals surface area contributed by atoms with Crippen LogP contribution in [0.3, 0.4) is 0 Å². The summed E-state index contributed by atoms with van der Waals surface area (Å²) in [6.45, 7) is 1.45. The molecule has 1 aliphatic heterocycles. The molecule has 0 saturated carbocycles. The van der Waals surface area contributed by atoms with E-state index in [1.165, 1.54) is 0 Å². The van der Waals surface area contributed by atoms with E-state index in [1.807, 2.05) is 30.3 Å². The third-order valence-corrected chi connectivity index (χ3v) is 2.38. The fraction of sp³-hybridized carbons (Fsp3) is 0.364. The second-order valence-electron chi connectivity index (χ2n) is 3.47. The van der Waals surface area contributed by atoms with Crippen molar-refractivity contribution >= 4 is 5.91 Å². The Labute approximate surface area is 88.1 Å². The van der Waals surface area contributed by atoms with Crippen molar-refractivity contribution in [3.8, 4) is 0 Å². The zero-order chi connectivity index (χ0) is 10.7. The van der Waals surface area contributed by atoms with E-state index < -0.39 is 6.29 Å². The summed E-state index contributed by atoms with van der Waals surface area (Å²) in [5.74, 6) is -0.356. The lowest BCUT2D eigenvalue weighted by Crippen LogP contribution is -2.47. The number of morpholine rings is 1. The van der Waals surface area contributed by atoms with Gasteiger partial charge in [0.25, 0.3) is 5.91 Å². The average Bonchev–Trinajstić information content (AvgIpc) is 2.26. The number of aliphatic hydroxyl groups is 1.